The lowest BCUT2D eigenvalue weighted by atomic mass is 9.70. The minimum absolute atomic E-state index is 0.0964. The predicted molar refractivity (Wildman–Crippen MR) is 300 cm³/mol. The van der Waals surface area contributed by atoms with E-state index in [-0.39, 0.29) is 5.41 Å². The van der Waals surface area contributed by atoms with Gasteiger partial charge < -0.3 is 9.47 Å². The van der Waals surface area contributed by atoms with E-state index in [1.54, 1.807) is 0 Å². The molecule has 3 aliphatic carbocycles. The van der Waals surface area contributed by atoms with Crippen LogP contribution in [0.3, 0.4) is 0 Å². The van der Waals surface area contributed by atoms with E-state index in [9.17, 15) is 0 Å². The minimum atomic E-state index is -0.441. The number of aromatic nitrogens is 1. The van der Waals surface area contributed by atoms with Gasteiger partial charge in [-0.2, -0.15) is 0 Å². The average Bonchev–Trinajstić information content (AvgIpc) is 4.12. The van der Waals surface area contributed by atoms with E-state index in [1.165, 1.54) is 117 Å². The Kier molecular flexibility index (Phi) is 8.66. The molecule has 0 saturated heterocycles. The van der Waals surface area contributed by atoms with E-state index in [0.717, 1.165) is 17.1 Å². The van der Waals surface area contributed by atoms with Crippen LogP contribution in [-0.4, -0.2) is 4.57 Å². The van der Waals surface area contributed by atoms with Gasteiger partial charge in [0.25, 0.3) is 0 Å². The van der Waals surface area contributed by atoms with Crippen molar-refractivity contribution in [1.29, 1.82) is 0 Å². The highest BCUT2D eigenvalue weighted by Gasteiger charge is 2.52. The molecule has 0 atom stereocenters. The molecule has 12 aromatic rings. The Morgan fingerprint density at radius 2 is 0.792 bits per heavy atom. The second kappa shape index (κ2) is 15.3. The van der Waals surface area contributed by atoms with Gasteiger partial charge in [-0.25, -0.2) is 0 Å². The molecule has 0 aliphatic heterocycles. The van der Waals surface area contributed by atoms with E-state index >= 15 is 0 Å². The van der Waals surface area contributed by atoms with E-state index < -0.39 is 5.41 Å². The third-order valence-corrected chi connectivity index (χ3v) is 16.4. The molecule has 0 saturated carbocycles. The number of para-hydroxylation sites is 1. The van der Waals surface area contributed by atoms with Gasteiger partial charge >= 0.3 is 0 Å². The van der Waals surface area contributed by atoms with Crippen LogP contribution >= 0.6 is 0 Å². The maximum absolute atomic E-state index is 2.48. The monoisotopic (exact) mass is 916 g/mol. The van der Waals surface area contributed by atoms with Crippen molar-refractivity contribution in [2.45, 2.75) is 24.7 Å². The van der Waals surface area contributed by atoms with Gasteiger partial charge in [0, 0.05) is 38.8 Å². The summed E-state index contributed by atoms with van der Waals surface area (Å²) in [6.45, 7) is 4.74. The molecule has 72 heavy (non-hydrogen) atoms. The summed E-state index contributed by atoms with van der Waals surface area (Å²) in [7, 11) is 0. The lowest BCUT2D eigenvalue weighted by Crippen LogP contribution is -2.26. The fourth-order valence-corrected chi connectivity index (χ4v) is 13.2. The first-order valence-electron chi connectivity index (χ1n) is 25.3. The number of hydrogen-bond donors (Lipinski definition) is 0. The van der Waals surface area contributed by atoms with Crippen molar-refractivity contribution in [3.05, 3.63) is 288 Å². The van der Waals surface area contributed by atoms with Gasteiger partial charge in [-0.3, -0.25) is 0 Å². The number of rotatable bonds is 6. The van der Waals surface area contributed by atoms with E-state index in [4.69, 9.17) is 0 Å². The van der Waals surface area contributed by atoms with Gasteiger partial charge in [-0.1, -0.05) is 202 Å². The third kappa shape index (κ3) is 5.61. The average molecular weight is 917 g/mol. The van der Waals surface area contributed by atoms with Crippen LogP contribution in [0.1, 0.15) is 47.2 Å². The van der Waals surface area contributed by atoms with Crippen molar-refractivity contribution in [3.8, 4) is 61.3 Å². The molecular formula is C70H48N2. The summed E-state index contributed by atoms with van der Waals surface area (Å²) in [5, 5.41) is 2.52. The maximum atomic E-state index is 2.48. The quantitative estimate of drug-likeness (QED) is 0.161. The Balaban J connectivity index is 0.907. The first kappa shape index (κ1) is 40.9. The molecule has 0 amide bonds. The van der Waals surface area contributed by atoms with Gasteiger partial charge in [0.1, 0.15) is 0 Å². The van der Waals surface area contributed by atoms with Crippen molar-refractivity contribution in [2.24, 2.45) is 0 Å². The highest BCUT2D eigenvalue weighted by Crippen LogP contribution is 2.64. The zero-order valence-electron chi connectivity index (χ0n) is 40.1. The summed E-state index contributed by atoms with van der Waals surface area (Å²) in [4.78, 5) is 2.48. The first-order chi connectivity index (χ1) is 35.5. The fraction of sp³-hybridized carbons (Fsp3) is 0.0571. The summed E-state index contributed by atoms with van der Waals surface area (Å²) >= 11 is 0. The second-order valence-electron chi connectivity index (χ2n) is 20.4. The molecule has 338 valence electrons. The van der Waals surface area contributed by atoms with Gasteiger partial charge in [-0.05, 0) is 150 Å². The molecule has 3 aliphatic rings. The van der Waals surface area contributed by atoms with Gasteiger partial charge in [0.15, 0.2) is 0 Å². The zero-order chi connectivity index (χ0) is 47.7. The van der Waals surface area contributed by atoms with Crippen LogP contribution in [0, 0.1) is 0 Å². The smallest absolute Gasteiger partial charge is 0.0726 e. The molecule has 15 rings (SSSR count). The maximum Gasteiger partial charge on any atom is 0.0726 e. The van der Waals surface area contributed by atoms with Crippen molar-refractivity contribution < 1.29 is 0 Å². The number of anilines is 3. The zero-order valence-corrected chi connectivity index (χ0v) is 40.1. The molecule has 11 aromatic carbocycles. The number of hydrogen-bond acceptors (Lipinski definition) is 1. The van der Waals surface area contributed by atoms with Crippen LogP contribution in [-0.2, 0) is 10.8 Å². The van der Waals surface area contributed by atoms with Crippen LogP contribution in [0.4, 0.5) is 17.1 Å². The third-order valence-electron chi connectivity index (χ3n) is 16.4. The van der Waals surface area contributed by atoms with Crippen LogP contribution in [0.2, 0.25) is 0 Å². The van der Waals surface area contributed by atoms with E-state index in [2.05, 4.69) is 278 Å². The minimum Gasteiger partial charge on any atom is -0.310 e. The molecular weight excluding hydrogens is 869 g/mol. The highest BCUT2D eigenvalue weighted by molar-refractivity contribution is 6.13. The molecule has 1 heterocycles. The van der Waals surface area contributed by atoms with Crippen molar-refractivity contribution in [3.63, 3.8) is 0 Å². The van der Waals surface area contributed by atoms with E-state index in [0.29, 0.717) is 0 Å². The SMILES string of the molecule is CC1(C)c2ccccc2-c2cc3c4cc(-c5ccc(N(c6ccc(-c7ccccc7)cc6)c6cccc7c6-c6ccccc6C76c7ccccc7-c7ccccc76)cc5)ccc4n(-c4ccccc4)c3cc21. The largest absolute Gasteiger partial charge is 0.310 e. The summed E-state index contributed by atoms with van der Waals surface area (Å²) in [6, 6.07) is 95.1. The molecule has 2 heteroatoms. The van der Waals surface area contributed by atoms with Crippen molar-refractivity contribution in [1.82, 2.24) is 4.57 Å². The van der Waals surface area contributed by atoms with Crippen molar-refractivity contribution in [2.75, 3.05) is 4.90 Å². The summed E-state index contributed by atoms with van der Waals surface area (Å²) in [6.07, 6.45) is 0. The second-order valence-corrected chi connectivity index (χ2v) is 20.4. The first-order valence-corrected chi connectivity index (χ1v) is 25.3. The predicted octanol–water partition coefficient (Wildman–Crippen LogP) is 18.2. The Morgan fingerprint density at radius 1 is 0.319 bits per heavy atom. The Hall–Kier alpha value is -8.98. The molecule has 0 unspecified atom stereocenters. The number of fused-ring (bicyclic) bond motifs is 16. The van der Waals surface area contributed by atoms with E-state index in [1.807, 2.05) is 0 Å². The topological polar surface area (TPSA) is 8.17 Å². The Morgan fingerprint density at radius 3 is 1.43 bits per heavy atom. The fourth-order valence-electron chi connectivity index (χ4n) is 13.2. The Bertz CT molecular complexity index is 4110. The van der Waals surface area contributed by atoms with Gasteiger partial charge in [-0.15, -0.1) is 0 Å². The lowest BCUT2D eigenvalue weighted by Gasteiger charge is -2.32. The van der Waals surface area contributed by atoms with Gasteiger partial charge in [0.2, 0.25) is 0 Å². The van der Waals surface area contributed by atoms with Crippen LogP contribution in [0.15, 0.2) is 255 Å². The molecule has 2 nitrogen and oxygen atoms in total. The van der Waals surface area contributed by atoms with Crippen LogP contribution in [0.25, 0.3) is 83.1 Å². The van der Waals surface area contributed by atoms with Crippen LogP contribution in [0.5, 0.6) is 0 Å². The Labute approximate surface area is 420 Å². The summed E-state index contributed by atoms with van der Waals surface area (Å²) in [5.41, 5.74) is 27.2. The molecule has 0 fully saturated rings. The molecule has 1 spiro atoms. The lowest BCUT2D eigenvalue weighted by molar-refractivity contribution is 0.661. The number of nitrogens with zero attached hydrogens (tertiary/aromatic N) is 2. The number of benzene rings is 11. The van der Waals surface area contributed by atoms with Crippen molar-refractivity contribution >= 4 is 38.9 Å². The van der Waals surface area contributed by atoms with Crippen LogP contribution < -0.4 is 4.90 Å². The standard InChI is InChI=1S/C70H48N2/c1-69(2)59-26-13-9-24-54(59)56-43-58-57-42-48(36-41-65(57)72(67(58)44-64(56)69)49-20-7-4-8-21-49)47-34-39-51(40-35-47)71(50-37-32-46(33-38-50)45-18-5-3-6-19-45)66-31-17-30-63-68(66)55-25-12-16-29-62(55)70(63)60-27-14-10-22-52(60)53-23-11-15-28-61(53)70/h3-44H,1-2H3. The summed E-state index contributed by atoms with van der Waals surface area (Å²) < 4.78 is 2.46. The summed E-state index contributed by atoms with van der Waals surface area (Å²) in [5.74, 6) is 0. The molecule has 0 bridgehead atoms. The van der Waals surface area contributed by atoms with Gasteiger partial charge in [0.05, 0.1) is 22.1 Å². The molecule has 1 aromatic heterocycles. The molecule has 0 N–H and O–H groups in total. The normalized spacial score (nSPS) is 13.9. The highest BCUT2D eigenvalue weighted by atomic mass is 15.1. The molecule has 0 radical (unpaired) electrons.